The summed E-state index contributed by atoms with van der Waals surface area (Å²) in [4.78, 5) is 19.8. The van der Waals surface area contributed by atoms with Crippen molar-refractivity contribution in [1.29, 1.82) is 0 Å². The first-order valence-corrected chi connectivity index (χ1v) is 12.2. The van der Waals surface area contributed by atoms with Gasteiger partial charge in [-0.25, -0.2) is 17.6 Å². The van der Waals surface area contributed by atoms with Gasteiger partial charge in [-0.1, -0.05) is 12.1 Å². The van der Waals surface area contributed by atoms with Gasteiger partial charge in [-0.3, -0.25) is 20.2 Å². The first-order chi connectivity index (χ1) is 18.9. The summed E-state index contributed by atoms with van der Waals surface area (Å²) < 4.78 is 69.0. The monoisotopic (exact) mass is 538 g/mol. The first-order valence-electron chi connectivity index (χ1n) is 12.2. The number of methoxy groups -OCH3 is 1. The third-order valence-corrected chi connectivity index (χ3v) is 6.93. The Morgan fingerprint density at radius 2 is 1.87 bits per heavy atom. The average molecular weight is 539 g/mol. The molecule has 0 unspecified atom stereocenters. The summed E-state index contributed by atoms with van der Waals surface area (Å²) in [6, 6.07) is 10.9. The van der Waals surface area contributed by atoms with E-state index in [1.54, 1.807) is 18.2 Å². The number of rotatable bonds is 5. The molecular formula is C28H22F4N4O3. The molecule has 1 amide bonds. The molecule has 200 valence electrons. The Hall–Kier alpha value is -4.38. The number of para-hydroxylation sites is 2. The molecular weight excluding hydrogens is 516 g/mol. The quantitative estimate of drug-likeness (QED) is 0.290. The Morgan fingerprint density at radius 1 is 1.08 bits per heavy atom. The Bertz CT molecular complexity index is 1610. The van der Waals surface area contributed by atoms with E-state index in [9.17, 15) is 18.0 Å². The molecule has 11 heteroatoms. The second-order valence-electron chi connectivity index (χ2n) is 9.26. The second kappa shape index (κ2) is 9.73. The number of hydrogen-bond acceptors (Lipinski definition) is 6. The minimum atomic E-state index is -1.45. The average Bonchev–Trinajstić information content (AvgIpc) is 2.90. The van der Waals surface area contributed by atoms with Gasteiger partial charge >= 0.3 is 0 Å². The highest BCUT2D eigenvalue weighted by atomic mass is 19.2. The molecule has 39 heavy (non-hydrogen) atoms. The van der Waals surface area contributed by atoms with Gasteiger partial charge in [-0.2, -0.15) is 0 Å². The van der Waals surface area contributed by atoms with E-state index in [1.807, 2.05) is 23.1 Å². The lowest BCUT2D eigenvalue weighted by molar-refractivity contribution is 0.0784. The maximum atomic E-state index is 15.1. The Kier molecular flexibility index (Phi) is 6.22. The van der Waals surface area contributed by atoms with Crippen LogP contribution in [-0.2, 0) is 4.74 Å². The summed E-state index contributed by atoms with van der Waals surface area (Å²) in [6.45, 7) is 1.63. The molecule has 1 aromatic heterocycles. The van der Waals surface area contributed by atoms with Crippen molar-refractivity contribution in [2.45, 2.75) is 6.10 Å². The fraction of sp³-hybridized carbons (Fsp3) is 0.214. The van der Waals surface area contributed by atoms with E-state index in [0.29, 0.717) is 54.8 Å². The van der Waals surface area contributed by atoms with E-state index in [4.69, 9.17) is 9.47 Å². The number of nitrogens with zero attached hydrogens (tertiary/aromatic N) is 3. The van der Waals surface area contributed by atoms with Crippen LogP contribution in [0.4, 0.5) is 28.9 Å². The van der Waals surface area contributed by atoms with Gasteiger partial charge in [0.15, 0.2) is 11.6 Å². The van der Waals surface area contributed by atoms with Crippen LogP contribution in [0.3, 0.4) is 0 Å². The Labute approximate surface area is 220 Å². The van der Waals surface area contributed by atoms with Crippen LogP contribution < -0.4 is 20.1 Å². The van der Waals surface area contributed by atoms with E-state index >= 15 is 4.39 Å². The largest absolute Gasteiger partial charge is 0.489 e. The van der Waals surface area contributed by atoms with Crippen LogP contribution in [0.15, 0.2) is 54.7 Å². The first kappa shape index (κ1) is 24.9. The summed E-state index contributed by atoms with van der Waals surface area (Å²) >= 11 is 0. The number of halogens is 4. The molecule has 0 spiro atoms. The standard InChI is InChI=1S/C28H22F4N4O3/c1-38-16-13-35(14-16)27-17-6-7-20(30)24(18-10-15(29)11-21(31)25(18)32)26(17)33-12-19(27)28(37)34-36-8-9-39-23-5-3-2-4-22(23)36/h2-7,10-12,16H,8-9,13-14H2,1H3,(H,34,37). The minimum absolute atomic E-state index is 0.0389. The number of amides is 1. The van der Waals surface area contributed by atoms with Crippen LogP contribution in [0.1, 0.15) is 10.4 Å². The van der Waals surface area contributed by atoms with Crippen molar-refractivity contribution >= 4 is 28.2 Å². The highest BCUT2D eigenvalue weighted by Gasteiger charge is 2.33. The zero-order chi connectivity index (χ0) is 27.3. The molecule has 2 aliphatic rings. The summed E-state index contributed by atoms with van der Waals surface area (Å²) in [5, 5.41) is 1.99. The molecule has 1 fully saturated rings. The molecule has 6 rings (SSSR count). The number of hydrazine groups is 1. The van der Waals surface area contributed by atoms with E-state index in [2.05, 4.69) is 10.4 Å². The highest BCUT2D eigenvalue weighted by Crippen LogP contribution is 2.40. The van der Waals surface area contributed by atoms with Crippen LogP contribution in [0.5, 0.6) is 5.75 Å². The summed E-state index contributed by atoms with van der Waals surface area (Å²) in [6.07, 6.45) is 1.17. The molecule has 3 aromatic carbocycles. The Morgan fingerprint density at radius 3 is 2.67 bits per heavy atom. The van der Waals surface area contributed by atoms with Gasteiger partial charge < -0.3 is 14.4 Å². The van der Waals surface area contributed by atoms with Crippen LogP contribution in [-0.4, -0.2) is 50.3 Å². The van der Waals surface area contributed by atoms with Gasteiger partial charge in [-0.05, 0) is 30.3 Å². The number of carbonyl (C=O) groups excluding carboxylic acids is 1. The van der Waals surface area contributed by atoms with Gasteiger partial charge in [0.1, 0.15) is 24.0 Å². The van der Waals surface area contributed by atoms with Crippen molar-refractivity contribution in [3.8, 4) is 16.9 Å². The SMILES string of the molecule is COC1CN(c2c(C(=O)NN3CCOc4ccccc43)cnc3c(-c4cc(F)cc(F)c4F)c(F)ccc23)C1. The van der Waals surface area contributed by atoms with Crippen molar-refractivity contribution in [2.24, 2.45) is 0 Å². The van der Waals surface area contributed by atoms with Crippen LogP contribution in [0.25, 0.3) is 22.0 Å². The molecule has 0 saturated carbocycles. The lowest BCUT2D eigenvalue weighted by Crippen LogP contribution is -2.53. The van der Waals surface area contributed by atoms with Gasteiger partial charge in [0.2, 0.25) is 0 Å². The van der Waals surface area contributed by atoms with Gasteiger partial charge in [-0.15, -0.1) is 0 Å². The number of benzene rings is 3. The smallest absolute Gasteiger partial charge is 0.273 e. The molecule has 0 aliphatic carbocycles. The fourth-order valence-electron chi connectivity index (χ4n) is 4.97. The van der Waals surface area contributed by atoms with Gasteiger partial charge in [0.25, 0.3) is 5.91 Å². The number of ether oxygens (including phenoxy) is 2. The van der Waals surface area contributed by atoms with E-state index in [-0.39, 0.29) is 17.2 Å². The fourth-order valence-corrected chi connectivity index (χ4v) is 4.97. The molecule has 1 saturated heterocycles. The van der Waals surface area contributed by atoms with E-state index < -0.39 is 40.3 Å². The Balaban J connectivity index is 1.48. The van der Waals surface area contributed by atoms with E-state index in [0.717, 1.165) is 12.1 Å². The number of anilines is 2. The number of carbonyl (C=O) groups is 1. The third-order valence-electron chi connectivity index (χ3n) is 6.93. The third kappa shape index (κ3) is 4.28. The second-order valence-corrected chi connectivity index (χ2v) is 9.26. The maximum absolute atomic E-state index is 15.1. The summed E-state index contributed by atoms with van der Waals surface area (Å²) in [5.74, 6) is -4.68. The van der Waals surface area contributed by atoms with Gasteiger partial charge in [0.05, 0.1) is 35.1 Å². The van der Waals surface area contributed by atoms with Gasteiger partial charge in [0, 0.05) is 49.0 Å². The number of nitrogens with one attached hydrogen (secondary N) is 1. The lowest BCUT2D eigenvalue weighted by atomic mass is 9.96. The predicted molar refractivity (Wildman–Crippen MR) is 137 cm³/mol. The van der Waals surface area contributed by atoms with Crippen LogP contribution in [0.2, 0.25) is 0 Å². The number of fused-ring (bicyclic) bond motifs is 2. The normalized spacial score (nSPS) is 15.1. The van der Waals surface area contributed by atoms with E-state index in [1.165, 1.54) is 12.3 Å². The van der Waals surface area contributed by atoms with Crippen molar-refractivity contribution in [1.82, 2.24) is 10.4 Å². The maximum Gasteiger partial charge on any atom is 0.273 e. The zero-order valence-electron chi connectivity index (χ0n) is 20.7. The summed E-state index contributed by atoms with van der Waals surface area (Å²) in [5.41, 5.74) is 3.14. The predicted octanol–water partition coefficient (Wildman–Crippen LogP) is 4.84. The number of pyridine rings is 1. The highest BCUT2D eigenvalue weighted by molar-refractivity contribution is 6.10. The molecule has 2 aliphatic heterocycles. The molecule has 0 bridgehead atoms. The zero-order valence-corrected chi connectivity index (χ0v) is 20.7. The van der Waals surface area contributed by atoms with Crippen molar-refractivity contribution < 1.29 is 31.8 Å². The lowest BCUT2D eigenvalue weighted by Gasteiger charge is -2.41. The molecule has 0 atom stereocenters. The number of hydrogen-bond donors (Lipinski definition) is 1. The topological polar surface area (TPSA) is 66.9 Å². The molecule has 3 heterocycles. The molecule has 7 nitrogen and oxygen atoms in total. The van der Waals surface area contributed by atoms with Crippen molar-refractivity contribution in [3.63, 3.8) is 0 Å². The van der Waals surface area contributed by atoms with Crippen molar-refractivity contribution in [3.05, 3.63) is 83.6 Å². The molecule has 4 aromatic rings. The summed E-state index contributed by atoms with van der Waals surface area (Å²) in [7, 11) is 1.57. The minimum Gasteiger partial charge on any atom is -0.489 e. The number of aromatic nitrogens is 1. The molecule has 1 N–H and O–H groups in total. The van der Waals surface area contributed by atoms with Crippen molar-refractivity contribution in [2.75, 3.05) is 43.3 Å². The molecule has 0 radical (unpaired) electrons. The van der Waals surface area contributed by atoms with Crippen LogP contribution >= 0.6 is 0 Å². The van der Waals surface area contributed by atoms with Crippen LogP contribution in [0, 0.1) is 23.3 Å².